The molecule has 0 saturated carbocycles. The Morgan fingerprint density at radius 1 is 1.50 bits per heavy atom. The van der Waals surface area contributed by atoms with Gasteiger partial charge < -0.3 is 9.63 Å². The Morgan fingerprint density at radius 3 is 2.72 bits per heavy atom. The van der Waals surface area contributed by atoms with Gasteiger partial charge in [0.1, 0.15) is 0 Å². The van der Waals surface area contributed by atoms with Crippen molar-refractivity contribution < 1.29 is 27.6 Å². The van der Waals surface area contributed by atoms with Crippen molar-refractivity contribution in [3.8, 4) is 0 Å². The lowest BCUT2D eigenvalue weighted by atomic mass is 10.0. The molecule has 8 heteroatoms. The molecule has 0 aliphatic carbocycles. The van der Waals surface area contributed by atoms with E-state index in [-0.39, 0.29) is 36.9 Å². The van der Waals surface area contributed by atoms with Crippen LogP contribution in [0.3, 0.4) is 0 Å². The molecular formula is C10H13F3N2O3. The first-order valence-electron chi connectivity index (χ1n) is 5.36. The van der Waals surface area contributed by atoms with Crippen LogP contribution in [-0.2, 0) is 17.6 Å². The van der Waals surface area contributed by atoms with Crippen LogP contribution in [0.2, 0.25) is 0 Å². The fraction of sp³-hybridized carbons (Fsp3) is 0.700. The number of aliphatic carboxylic acids is 1. The average molecular weight is 266 g/mol. The molecular weight excluding hydrogens is 253 g/mol. The lowest BCUT2D eigenvalue weighted by molar-refractivity contribution is -0.138. The molecule has 1 N–H and O–H groups in total. The minimum atomic E-state index is -4.25. The number of hydrogen-bond acceptors (Lipinski definition) is 4. The van der Waals surface area contributed by atoms with Crippen molar-refractivity contribution in [3.05, 3.63) is 11.7 Å². The third kappa shape index (κ3) is 5.65. The Balaban J connectivity index is 2.45. The summed E-state index contributed by atoms with van der Waals surface area (Å²) in [5, 5.41) is 12.0. The van der Waals surface area contributed by atoms with Crippen LogP contribution in [0.1, 0.15) is 31.5 Å². The summed E-state index contributed by atoms with van der Waals surface area (Å²) in [4.78, 5) is 14.2. The summed E-state index contributed by atoms with van der Waals surface area (Å²) in [7, 11) is 0. The molecule has 1 unspecified atom stereocenters. The molecule has 0 aliphatic heterocycles. The first-order valence-corrected chi connectivity index (χ1v) is 5.36. The van der Waals surface area contributed by atoms with Gasteiger partial charge in [-0.25, -0.2) is 0 Å². The van der Waals surface area contributed by atoms with Crippen LogP contribution in [0.25, 0.3) is 0 Å². The van der Waals surface area contributed by atoms with Crippen molar-refractivity contribution in [2.45, 2.75) is 38.8 Å². The van der Waals surface area contributed by atoms with Crippen molar-refractivity contribution in [3.63, 3.8) is 0 Å². The highest BCUT2D eigenvalue weighted by molar-refractivity contribution is 5.66. The Bertz CT molecular complexity index is 403. The zero-order valence-corrected chi connectivity index (χ0v) is 9.70. The quantitative estimate of drug-likeness (QED) is 0.854. The van der Waals surface area contributed by atoms with E-state index < -0.39 is 18.6 Å². The molecule has 102 valence electrons. The molecule has 1 atom stereocenters. The smallest absolute Gasteiger partial charge is 0.389 e. The summed E-state index contributed by atoms with van der Waals surface area (Å²) in [6.45, 7) is 1.69. The zero-order chi connectivity index (χ0) is 13.8. The van der Waals surface area contributed by atoms with Gasteiger partial charge in [0.05, 0.1) is 6.42 Å². The number of halogens is 3. The molecule has 1 aromatic rings. The number of aromatic nitrogens is 2. The van der Waals surface area contributed by atoms with Crippen LogP contribution >= 0.6 is 0 Å². The summed E-state index contributed by atoms with van der Waals surface area (Å²) < 4.78 is 40.6. The normalized spacial score (nSPS) is 13.6. The van der Waals surface area contributed by atoms with Gasteiger partial charge in [0, 0.05) is 19.3 Å². The van der Waals surface area contributed by atoms with Gasteiger partial charge in [0.2, 0.25) is 5.89 Å². The van der Waals surface area contributed by atoms with E-state index in [9.17, 15) is 18.0 Å². The first kappa shape index (κ1) is 14.5. The standard InChI is InChI=1S/C10H13F3N2O3/c1-6(5-9(16)17)4-8-14-7(15-18-8)2-3-10(11,12)13/h6H,2-5H2,1H3,(H,16,17). The average Bonchev–Trinajstić information content (AvgIpc) is 2.60. The number of carbonyl (C=O) groups is 1. The van der Waals surface area contributed by atoms with Gasteiger partial charge in [-0.05, 0) is 5.92 Å². The SMILES string of the molecule is CC(CC(=O)O)Cc1nc(CCC(F)(F)F)no1. The fourth-order valence-corrected chi connectivity index (χ4v) is 1.40. The maximum absolute atomic E-state index is 12.0. The third-order valence-corrected chi connectivity index (χ3v) is 2.19. The summed E-state index contributed by atoms with van der Waals surface area (Å²) in [5.74, 6) is -0.997. The van der Waals surface area contributed by atoms with Gasteiger partial charge in [-0.15, -0.1) is 0 Å². The minimum Gasteiger partial charge on any atom is -0.481 e. The highest BCUT2D eigenvalue weighted by Crippen LogP contribution is 2.21. The van der Waals surface area contributed by atoms with Crippen LogP contribution in [0.4, 0.5) is 13.2 Å². The molecule has 0 bridgehead atoms. The summed E-state index contributed by atoms with van der Waals surface area (Å²) in [5.41, 5.74) is 0. The van der Waals surface area contributed by atoms with Crippen LogP contribution in [0, 0.1) is 5.92 Å². The lowest BCUT2D eigenvalue weighted by Gasteiger charge is -2.03. The molecule has 0 fully saturated rings. The third-order valence-electron chi connectivity index (χ3n) is 2.19. The number of nitrogens with zero attached hydrogens (tertiary/aromatic N) is 2. The van der Waals surface area contributed by atoms with Crippen LogP contribution in [-0.4, -0.2) is 27.4 Å². The molecule has 1 aromatic heterocycles. The van der Waals surface area contributed by atoms with E-state index in [1.165, 1.54) is 0 Å². The van der Waals surface area contributed by atoms with E-state index in [1.54, 1.807) is 6.92 Å². The van der Waals surface area contributed by atoms with Crippen molar-refractivity contribution in [1.29, 1.82) is 0 Å². The van der Waals surface area contributed by atoms with E-state index in [0.29, 0.717) is 0 Å². The second-order valence-electron chi connectivity index (χ2n) is 4.13. The number of carboxylic acids is 1. The van der Waals surface area contributed by atoms with E-state index in [2.05, 4.69) is 10.1 Å². The van der Waals surface area contributed by atoms with Gasteiger partial charge in [-0.1, -0.05) is 12.1 Å². The van der Waals surface area contributed by atoms with E-state index in [0.717, 1.165) is 0 Å². The van der Waals surface area contributed by atoms with E-state index >= 15 is 0 Å². The van der Waals surface area contributed by atoms with Crippen molar-refractivity contribution in [1.82, 2.24) is 10.1 Å². The lowest BCUT2D eigenvalue weighted by Crippen LogP contribution is -2.09. The maximum atomic E-state index is 12.0. The largest absolute Gasteiger partial charge is 0.481 e. The summed E-state index contributed by atoms with van der Waals surface area (Å²) >= 11 is 0. The molecule has 0 radical (unpaired) electrons. The predicted molar refractivity (Wildman–Crippen MR) is 53.8 cm³/mol. The second-order valence-corrected chi connectivity index (χ2v) is 4.13. The van der Waals surface area contributed by atoms with E-state index in [1.807, 2.05) is 0 Å². The van der Waals surface area contributed by atoms with Crippen molar-refractivity contribution in [2.24, 2.45) is 5.92 Å². The monoisotopic (exact) mass is 266 g/mol. The number of alkyl halides is 3. The van der Waals surface area contributed by atoms with E-state index in [4.69, 9.17) is 9.63 Å². The van der Waals surface area contributed by atoms with Crippen LogP contribution in [0.15, 0.2) is 4.52 Å². The molecule has 18 heavy (non-hydrogen) atoms. The Morgan fingerprint density at radius 2 is 2.17 bits per heavy atom. The molecule has 0 spiro atoms. The van der Waals surface area contributed by atoms with Gasteiger partial charge in [-0.3, -0.25) is 4.79 Å². The molecule has 0 aliphatic rings. The highest BCUT2D eigenvalue weighted by atomic mass is 19.4. The number of aryl methyl sites for hydroxylation is 1. The van der Waals surface area contributed by atoms with Gasteiger partial charge in [0.25, 0.3) is 0 Å². The van der Waals surface area contributed by atoms with Gasteiger partial charge in [0.15, 0.2) is 5.82 Å². The molecule has 1 rings (SSSR count). The molecule has 1 heterocycles. The molecule has 5 nitrogen and oxygen atoms in total. The number of hydrogen-bond donors (Lipinski definition) is 1. The van der Waals surface area contributed by atoms with Crippen LogP contribution in [0.5, 0.6) is 0 Å². The van der Waals surface area contributed by atoms with Gasteiger partial charge >= 0.3 is 12.1 Å². The molecule has 0 amide bonds. The van der Waals surface area contributed by atoms with Gasteiger partial charge in [-0.2, -0.15) is 18.2 Å². The molecule has 0 aromatic carbocycles. The highest BCUT2D eigenvalue weighted by Gasteiger charge is 2.27. The summed E-state index contributed by atoms with van der Waals surface area (Å²) in [6, 6.07) is 0. The predicted octanol–water partition coefficient (Wildman–Crippen LogP) is 2.22. The Labute approximate surface area is 101 Å². The van der Waals surface area contributed by atoms with Crippen molar-refractivity contribution >= 4 is 5.97 Å². The topological polar surface area (TPSA) is 76.2 Å². The zero-order valence-electron chi connectivity index (χ0n) is 9.70. The maximum Gasteiger partial charge on any atom is 0.389 e. The number of rotatable bonds is 6. The Hall–Kier alpha value is -1.60. The minimum absolute atomic E-state index is 0.00940. The second kappa shape index (κ2) is 5.83. The van der Waals surface area contributed by atoms with Crippen molar-refractivity contribution in [2.75, 3.05) is 0 Å². The first-order chi connectivity index (χ1) is 8.26. The Kier molecular flexibility index (Phi) is 4.69. The molecule has 0 saturated heterocycles. The number of carboxylic acid groups (broad SMARTS) is 1. The summed E-state index contributed by atoms with van der Waals surface area (Å²) in [6.07, 6.45) is -5.40. The van der Waals surface area contributed by atoms with Crippen LogP contribution < -0.4 is 0 Å². The fourth-order valence-electron chi connectivity index (χ4n) is 1.40.